The van der Waals surface area contributed by atoms with Gasteiger partial charge in [0.05, 0.1) is 23.2 Å². The lowest BCUT2D eigenvalue weighted by Gasteiger charge is -2.69. The van der Waals surface area contributed by atoms with E-state index in [9.17, 15) is 30.3 Å². The molecule has 8 heteroatoms. The first-order chi connectivity index (χ1) is 19.9. The first kappa shape index (κ1) is 31.9. The highest BCUT2D eigenvalue weighted by Crippen LogP contribution is 2.72. The van der Waals surface area contributed by atoms with Crippen molar-refractivity contribution >= 4 is 5.97 Å². The number of carboxylic acids is 1. The van der Waals surface area contributed by atoms with Gasteiger partial charge < -0.3 is 35.0 Å². The molecule has 5 aliphatic carbocycles. The second kappa shape index (κ2) is 10.2. The summed E-state index contributed by atoms with van der Waals surface area (Å²) < 4.78 is 12.3. The number of carbonyl (C=O) groups is 1. The maximum absolute atomic E-state index is 12.9. The summed E-state index contributed by atoms with van der Waals surface area (Å²) in [6.45, 7) is 15.1. The molecular weight excluding hydrogens is 548 g/mol. The number of aliphatic hydroxyl groups excluding tert-OH is 3. The van der Waals surface area contributed by atoms with E-state index in [2.05, 4.69) is 40.7 Å². The standard InChI is InChI=1S/C35H56O8/c1-18-10-16-35(30(39)40)17-11-21-20(28(35)34(18,7)41)8-9-23-32(21,5)14-12-22-31(3,4)24(13-15-33(22,23)6)43-29-27(38)26(37)25(36)19(2)42-29/h8,18-19,21-29,36-38,41H,9-17H2,1-7H3,(H,39,40)/t18-,19-,21+,22+,23+,24+,25-,26+,27+,28-,29+,32+,33+,34-,35+/m1/s1. The van der Waals surface area contributed by atoms with Crippen LogP contribution in [0.4, 0.5) is 0 Å². The van der Waals surface area contributed by atoms with Gasteiger partial charge in [0.2, 0.25) is 0 Å². The summed E-state index contributed by atoms with van der Waals surface area (Å²) in [6.07, 6.45) is 4.45. The molecule has 5 N–H and O–H groups in total. The highest BCUT2D eigenvalue weighted by molar-refractivity contribution is 5.77. The van der Waals surface area contributed by atoms with E-state index in [0.717, 1.165) is 44.9 Å². The van der Waals surface area contributed by atoms with Gasteiger partial charge in [-0.05, 0) is 112 Å². The summed E-state index contributed by atoms with van der Waals surface area (Å²) in [4.78, 5) is 12.9. The highest BCUT2D eigenvalue weighted by atomic mass is 16.7. The summed E-state index contributed by atoms with van der Waals surface area (Å²) in [5, 5.41) is 53.7. The van der Waals surface area contributed by atoms with Crippen LogP contribution in [-0.2, 0) is 14.3 Å². The van der Waals surface area contributed by atoms with E-state index in [1.807, 2.05) is 6.92 Å². The first-order valence-electron chi connectivity index (χ1n) is 16.9. The number of hydrogen-bond acceptors (Lipinski definition) is 7. The summed E-state index contributed by atoms with van der Waals surface area (Å²) in [7, 11) is 0. The highest BCUT2D eigenvalue weighted by Gasteiger charge is 2.68. The Balaban J connectivity index is 1.29. The Hall–Kier alpha value is -1.03. The minimum absolute atomic E-state index is 0.0267. The quantitative estimate of drug-likeness (QED) is 0.232. The van der Waals surface area contributed by atoms with Crippen molar-refractivity contribution in [3.05, 3.63) is 11.6 Å². The van der Waals surface area contributed by atoms with Gasteiger partial charge in [0.1, 0.15) is 18.3 Å². The molecule has 0 radical (unpaired) electrons. The largest absolute Gasteiger partial charge is 0.481 e. The SMILES string of the molecule is C[C@@H]1CC[C@]2(C(=O)O)CC[C@H]3C(=CC[C@H]4[C@@]3(C)CC[C@H]3C(C)(C)[C@@H](O[C@@H]5O[C@H](C)[C@@H](O)[C@H](O)[C@@H]5O)CC[C@]43C)[C@@H]2[C@]1(C)O. The zero-order valence-corrected chi connectivity index (χ0v) is 27.3. The normalized spacial score (nSPS) is 56.1. The van der Waals surface area contributed by atoms with Crippen molar-refractivity contribution in [3.63, 3.8) is 0 Å². The molecule has 0 spiro atoms. The van der Waals surface area contributed by atoms with Gasteiger partial charge in [-0.1, -0.05) is 46.3 Å². The first-order valence-corrected chi connectivity index (χ1v) is 16.9. The predicted octanol–water partition coefficient (Wildman–Crippen LogP) is 4.67. The van der Waals surface area contributed by atoms with E-state index >= 15 is 0 Å². The minimum Gasteiger partial charge on any atom is -0.481 e. The lowest BCUT2D eigenvalue weighted by atomic mass is 9.36. The van der Waals surface area contributed by atoms with Gasteiger partial charge >= 0.3 is 5.97 Å². The minimum atomic E-state index is -1.31. The topological polar surface area (TPSA) is 137 Å². The van der Waals surface area contributed by atoms with Gasteiger partial charge in [0.25, 0.3) is 0 Å². The van der Waals surface area contributed by atoms with Crippen molar-refractivity contribution in [1.29, 1.82) is 0 Å². The lowest BCUT2D eigenvalue weighted by Crippen LogP contribution is -2.65. The molecule has 0 amide bonds. The molecule has 0 aromatic carbocycles. The van der Waals surface area contributed by atoms with Crippen molar-refractivity contribution in [3.8, 4) is 0 Å². The Bertz CT molecular complexity index is 1150. The van der Waals surface area contributed by atoms with Crippen molar-refractivity contribution in [2.75, 3.05) is 0 Å². The fraction of sp³-hybridized carbons (Fsp3) is 0.914. The van der Waals surface area contributed by atoms with E-state index in [-0.39, 0.29) is 40.1 Å². The molecule has 1 aliphatic heterocycles. The van der Waals surface area contributed by atoms with Crippen molar-refractivity contribution < 1.29 is 39.8 Å². The average molecular weight is 605 g/mol. The maximum Gasteiger partial charge on any atom is 0.310 e. The number of fused-ring (bicyclic) bond motifs is 7. The fourth-order valence-corrected chi connectivity index (χ4v) is 12.1. The van der Waals surface area contributed by atoms with Crippen LogP contribution in [-0.4, -0.2) is 73.9 Å². The van der Waals surface area contributed by atoms with Gasteiger partial charge in [0, 0.05) is 5.92 Å². The molecule has 244 valence electrons. The Morgan fingerprint density at radius 2 is 1.51 bits per heavy atom. The zero-order valence-electron chi connectivity index (χ0n) is 27.3. The summed E-state index contributed by atoms with van der Waals surface area (Å²) in [5.41, 5.74) is -0.835. The van der Waals surface area contributed by atoms with E-state index in [1.165, 1.54) is 5.57 Å². The van der Waals surface area contributed by atoms with Crippen LogP contribution < -0.4 is 0 Å². The molecule has 1 saturated heterocycles. The Kier molecular flexibility index (Phi) is 7.60. The number of aliphatic carboxylic acids is 1. The van der Waals surface area contributed by atoms with Gasteiger partial charge in [-0.25, -0.2) is 0 Å². The maximum atomic E-state index is 12.9. The molecule has 0 bridgehead atoms. The van der Waals surface area contributed by atoms with Crippen LogP contribution in [0.15, 0.2) is 11.6 Å². The third-order valence-electron chi connectivity index (χ3n) is 14.7. The number of carboxylic acid groups (broad SMARTS) is 1. The summed E-state index contributed by atoms with van der Waals surface area (Å²) >= 11 is 0. The van der Waals surface area contributed by atoms with Crippen LogP contribution in [0, 0.1) is 51.2 Å². The molecule has 15 atom stereocenters. The molecule has 5 fully saturated rings. The lowest BCUT2D eigenvalue weighted by molar-refractivity contribution is -0.324. The Morgan fingerprint density at radius 1 is 0.860 bits per heavy atom. The summed E-state index contributed by atoms with van der Waals surface area (Å²) in [5.74, 6) is 0.0520. The van der Waals surface area contributed by atoms with Crippen molar-refractivity contribution in [2.45, 2.75) is 149 Å². The monoisotopic (exact) mass is 604 g/mol. The second-order valence-corrected chi connectivity index (χ2v) is 16.9. The van der Waals surface area contributed by atoms with Crippen LogP contribution in [0.2, 0.25) is 0 Å². The van der Waals surface area contributed by atoms with E-state index in [1.54, 1.807) is 6.92 Å². The van der Waals surface area contributed by atoms with E-state index < -0.39 is 47.7 Å². The Labute approximate surface area is 257 Å². The molecule has 0 unspecified atom stereocenters. The smallest absolute Gasteiger partial charge is 0.310 e. The van der Waals surface area contributed by atoms with E-state index in [4.69, 9.17) is 9.47 Å². The third kappa shape index (κ3) is 4.32. The molecular formula is C35H56O8. The van der Waals surface area contributed by atoms with Gasteiger partial charge in [-0.3, -0.25) is 4.79 Å². The summed E-state index contributed by atoms with van der Waals surface area (Å²) in [6, 6.07) is 0. The fourth-order valence-electron chi connectivity index (χ4n) is 12.1. The van der Waals surface area contributed by atoms with Crippen molar-refractivity contribution in [2.24, 2.45) is 51.2 Å². The van der Waals surface area contributed by atoms with Gasteiger partial charge in [-0.2, -0.15) is 0 Å². The average Bonchev–Trinajstić information content (AvgIpc) is 2.93. The van der Waals surface area contributed by atoms with E-state index in [0.29, 0.717) is 24.7 Å². The molecule has 8 nitrogen and oxygen atoms in total. The second-order valence-electron chi connectivity index (χ2n) is 16.9. The number of hydrogen-bond donors (Lipinski definition) is 5. The molecule has 6 aliphatic rings. The van der Waals surface area contributed by atoms with Gasteiger partial charge in [-0.15, -0.1) is 0 Å². The van der Waals surface area contributed by atoms with Crippen LogP contribution in [0.1, 0.15) is 106 Å². The number of aliphatic hydroxyl groups is 4. The predicted molar refractivity (Wildman–Crippen MR) is 161 cm³/mol. The molecule has 4 saturated carbocycles. The van der Waals surface area contributed by atoms with Crippen LogP contribution in [0.5, 0.6) is 0 Å². The number of ether oxygens (including phenoxy) is 2. The molecule has 0 aromatic heterocycles. The van der Waals surface area contributed by atoms with Crippen molar-refractivity contribution in [1.82, 2.24) is 0 Å². The molecule has 1 heterocycles. The Morgan fingerprint density at radius 3 is 2.19 bits per heavy atom. The molecule has 6 rings (SSSR count). The molecule has 43 heavy (non-hydrogen) atoms. The van der Waals surface area contributed by atoms with Crippen LogP contribution >= 0.6 is 0 Å². The number of allylic oxidation sites excluding steroid dienone is 1. The van der Waals surface area contributed by atoms with Crippen LogP contribution in [0.3, 0.4) is 0 Å². The number of rotatable bonds is 3. The molecule has 0 aromatic rings. The third-order valence-corrected chi connectivity index (χ3v) is 14.7. The van der Waals surface area contributed by atoms with Gasteiger partial charge in [0.15, 0.2) is 6.29 Å². The zero-order chi connectivity index (χ0) is 31.5. The van der Waals surface area contributed by atoms with Crippen LogP contribution in [0.25, 0.3) is 0 Å².